The molecule has 1 aromatic rings. The predicted octanol–water partition coefficient (Wildman–Crippen LogP) is 2.50. The zero-order valence-electron chi connectivity index (χ0n) is 10.2. The van der Waals surface area contributed by atoms with E-state index in [1.54, 1.807) is 17.0 Å². The molecule has 2 heterocycles. The molecule has 0 radical (unpaired) electrons. The average molecular weight is 264 g/mol. The number of carbonyl (C=O) groups excluding carboxylic acids is 1. The van der Waals surface area contributed by atoms with Crippen LogP contribution in [0, 0.1) is 16.7 Å². The van der Waals surface area contributed by atoms with Crippen molar-refractivity contribution in [3.05, 3.63) is 29.0 Å². The van der Waals surface area contributed by atoms with E-state index in [0.717, 1.165) is 0 Å². The number of carbonyl (C=O) groups is 1. The predicted molar refractivity (Wildman–Crippen MR) is 68.1 cm³/mol. The number of hydrogen-bond donors (Lipinski definition) is 0. The van der Waals surface area contributed by atoms with Gasteiger partial charge >= 0.3 is 0 Å². The van der Waals surface area contributed by atoms with Gasteiger partial charge in [-0.05, 0) is 31.9 Å². The highest BCUT2D eigenvalue weighted by Crippen LogP contribution is 2.30. The lowest BCUT2D eigenvalue weighted by atomic mass is 9.82. The van der Waals surface area contributed by atoms with E-state index in [1.807, 2.05) is 6.92 Å². The molecule has 1 aromatic heterocycles. The van der Waals surface area contributed by atoms with Crippen LogP contribution in [0.3, 0.4) is 0 Å². The van der Waals surface area contributed by atoms with Gasteiger partial charge in [-0.2, -0.15) is 5.26 Å². The molecule has 1 saturated heterocycles. The molecule has 0 aromatic carbocycles. The van der Waals surface area contributed by atoms with Gasteiger partial charge in [0.2, 0.25) is 0 Å². The fourth-order valence-electron chi connectivity index (χ4n) is 2.03. The van der Waals surface area contributed by atoms with Crippen LogP contribution in [0.25, 0.3) is 0 Å². The van der Waals surface area contributed by atoms with Crippen LogP contribution in [0.5, 0.6) is 0 Å². The van der Waals surface area contributed by atoms with Crippen molar-refractivity contribution in [2.75, 3.05) is 13.1 Å². The van der Waals surface area contributed by atoms with Crippen molar-refractivity contribution in [2.45, 2.75) is 19.8 Å². The number of piperidine rings is 1. The summed E-state index contributed by atoms with van der Waals surface area (Å²) >= 11 is 5.77. The van der Waals surface area contributed by atoms with Gasteiger partial charge in [-0.3, -0.25) is 4.79 Å². The van der Waals surface area contributed by atoms with Crippen LogP contribution in [-0.2, 0) is 0 Å². The molecule has 2 rings (SSSR count). The Morgan fingerprint density at radius 3 is 2.78 bits per heavy atom. The van der Waals surface area contributed by atoms with Gasteiger partial charge in [-0.15, -0.1) is 0 Å². The van der Waals surface area contributed by atoms with Crippen LogP contribution in [0.15, 0.2) is 18.3 Å². The highest BCUT2D eigenvalue weighted by molar-refractivity contribution is 6.29. The summed E-state index contributed by atoms with van der Waals surface area (Å²) in [4.78, 5) is 17.8. The van der Waals surface area contributed by atoms with Crippen LogP contribution in [0.4, 0.5) is 0 Å². The summed E-state index contributed by atoms with van der Waals surface area (Å²) < 4.78 is 0. The molecule has 0 atom stereocenters. The van der Waals surface area contributed by atoms with E-state index in [-0.39, 0.29) is 11.3 Å². The summed E-state index contributed by atoms with van der Waals surface area (Å²) in [5.41, 5.74) is 0.253. The van der Waals surface area contributed by atoms with E-state index in [2.05, 4.69) is 11.1 Å². The molecule has 94 valence electrons. The average Bonchev–Trinajstić information content (AvgIpc) is 2.39. The fourth-order valence-corrected chi connectivity index (χ4v) is 2.21. The van der Waals surface area contributed by atoms with Crippen molar-refractivity contribution in [3.63, 3.8) is 0 Å². The Balaban J connectivity index is 2.07. The van der Waals surface area contributed by atoms with Gasteiger partial charge < -0.3 is 4.90 Å². The third kappa shape index (κ3) is 2.62. The first-order chi connectivity index (χ1) is 8.54. The van der Waals surface area contributed by atoms with Crippen LogP contribution >= 0.6 is 11.6 Å². The molecule has 0 saturated carbocycles. The summed E-state index contributed by atoms with van der Waals surface area (Å²) in [7, 11) is 0. The lowest BCUT2D eigenvalue weighted by Gasteiger charge is -2.34. The molecule has 0 unspecified atom stereocenters. The topological polar surface area (TPSA) is 57.0 Å². The summed E-state index contributed by atoms with van der Waals surface area (Å²) in [6.45, 7) is 3.17. The molecule has 1 amide bonds. The van der Waals surface area contributed by atoms with E-state index in [4.69, 9.17) is 16.9 Å². The first kappa shape index (κ1) is 12.8. The SMILES string of the molecule is CC1(C#N)CCN(C(=O)c2ccnc(Cl)c2)CC1. The van der Waals surface area contributed by atoms with E-state index in [1.165, 1.54) is 6.20 Å². The minimum absolute atomic E-state index is 0.0423. The van der Waals surface area contributed by atoms with E-state index >= 15 is 0 Å². The maximum atomic E-state index is 12.2. The minimum Gasteiger partial charge on any atom is -0.339 e. The van der Waals surface area contributed by atoms with Gasteiger partial charge in [-0.25, -0.2) is 4.98 Å². The second-order valence-corrected chi connectivity index (χ2v) is 5.22. The first-order valence-corrected chi connectivity index (χ1v) is 6.24. The van der Waals surface area contributed by atoms with Crippen molar-refractivity contribution in [1.29, 1.82) is 5.26 Å². The number of rotatable bonds is 1. The molecule has 18 heavy (non-hydrogen) atoms. The number of pyridine rings is 1. The second kappa shape index (κ2) is 4.95. The number of nitrogens with zero attached hydrogens (tertiary/aromatic N) is 3. The zero-order valence-corrected chi connectivity index (χ0v) is 10.9. The Morgan fingerprint density at radius 2 is 2.22 bits per heavy atom. The molecule has 1 aliphatic heterocycles. The van der Waals surface area contributed by atoms with E-state index in [9.17, 15) is 4.79 Å². The summed E-state index contributed by atoms with van der Waals surface area (Å²) in [5, 5.41) is 9.37. The number of aromatic nitrogens is 1. The second-order valence-electron chi connectivity index (χ2n) is 4.83. The van der Waals surface area contributed by atoms with Gasteiger partial charge in [-0.1, -0.05) is 11.6 Å². The van der Waals surface area contributed by atoms with Crippen LogP contribution in [0.2, 0.25) is 5.15 Å². The Morgan fingerprint density at radius 1 is 1.56 bits per heavy atom. The van der Waals surface area contributed by atoms with Crippen LogP contribution in [0.1, 0.15) is 30.1 Å². The Labute approximate surface area is 111 Å². The standard InChI is InChI=1S/C13H14ClN3O/c1-13(9-15)3-6-17(7-4-13)12(18)10-2-5-16-11(14)8-10/h2,5,8H,3-4,6-7H2,1H3. The van der Waals surface area contributed by atoms with Crippen LogP contribution < -0.4 is 0 Å². The monoisotopic (exact) mass is 263 g/mol. The number of halogens is 1. The molecule has 0 bridgehead atoms. The van der Waals surface area contributed by atoms with Crippen molar-refractivity contribution in [3.8, 4) is 6.07 Å². The smallest absolute Gasteiger partial charge is 0.254 e. The molecule has 1 aliphatic rings. The molecular formula is C13H14ClN3O. The summed E-state index contributed by atoms with van der Waals surface area (Å²) in [5.74, 6) is -0.0423. The largest absolute Gasteiger partial charge is 0.339 e. The maximum absolute atomic E-state index is 12.2. The maximum Gasteiger partial charge on any atom is 0.254 e. The first-order valence-electron chi connectivity index (χ1n) is 5.86. The van der Waals surface area contributed by atoms with Crippen molar-refractivity contribution >= 4 is 17.5 Å². The lowest BCUT2D eigenvalue weighted by Crippen LogP contribution is -2.41. The highest BCUT2D eigenvalue weighted by Gasteiger charge is 2.32. The van der Waals surface area contributed by atoms with Crippen LogP contribution in [-0.4, -0.2) is 28.9 Å². The van der Waals surface area contributed by atoms with Gasteiger partial charge in [0.15, 0.2) is 0 Å². The summed E-state index contributed by atoms with van der Waals surface area (Å²) in [6.07, 6.45) is 2.96. The Bertz CT molecular complexity index is 501. The fraction of sp³-hybridized carbons (Fsp3) is 0.462. The summed E-state index contributed by atoms with van der Waals surface area (Å²) in [6, 6.07) is 5.55. The zero-order chi connectivity index (χ0) is 13.2. The number of likely N-dealkylation sites (tertiary alicyclic amines) is 1. The molecule has 4 nitrogen and oxygen atoms in total. The van der Waals surface area contributed by atoms with Crippen molar-refractivity contribution in [2.24, 2.45) is 5.41 Å². The molecule has 0 spiro atoms. The number of hydrogen-bond acceptors (Lipinski definition) is 3. The minimum atomic E-state index is -0.299. The van der Waals surface area contributed by atoms with E-state index < -0.39 is 0 Å². The van der Waals surface area contributed by atoms with Crippen molar-refractivity contribution < 1.29 is 4.79 Å². The van der Waals surface area contributed by atoms with Crippen molar-refractivity contribution in [1.82, 2.24) is 9.88 Å². The molecule has 1 fully saturated rings. The van der Waals surface area contributed by atoms with E-state index in [0.29, 0.717) is 36.6 Å². The third-order valence-corrected chi connectivity index (χ3v) is 3.60. The quantitative estimate of drug-likeness (QED) is 0.732. The molecule has 5 heteroatoms. The lowest BCUT2D eigenvalue weighted by molar-refractivity contribution is 0.0661. The highest BCUT2D eigenvalue weighted by atomic mass is 35.5. The normalized spacial score (nSPS) is 18.2. The third-order valence-electron chi connectivity index (χ3n) is 3.40. The Hall–Kier alpha value is -1.60. The van der Waals surface area contributed by atoms with Gasteiger partial charge in [0.05, 0.1) is 11.5 Å². The number of amides is 1. The molecule has 0 N–H and O–H groups in total. The van der Waals surface area contributed by atoms with Gasteiger partial charge in [0.1, 0.15) is 5.15 Å². The number of nitriles is 1. The van der Waals surface area contributed by atoms with Gasteiger partial charge in [0.25, 0.3) is 5.91 Å². The Kier molecular flexibility index (Phi) is 3.53. The molecular weight excluding hydrogens is 250 g/mol. The molecule has 0 aliphatic carbocycles. The van der Waals surface area contributed by atoms with Gasteiger partial charge in [0, 0.05) is 24.8 Å².